The zero-order valence-electron chi connectivity index (χ0n) is 12.9. The fraction of sp³-hybridized carbons (Fsp3) is 0.667. The van der Waals surface area contributed by atoms with Crippen LogP contribution in [-0.2, 0) is 0 Å². The second kappa shape index (κ2) is 6.45. The summed E-state index contributed by atoms with van der Waals surface area (Å²) in [6.45, 7) is 1.94. The molecule has 3 rings (SSSR count). The number of aryl methyl sites for hydroxylation is 1. The summed E-state index contributed by atoms with van der Waals surface area (Å²) in [5.41, 5.74) is 4.95. The Kier molecular flexibility index (Phi) is 4.60. The zero-order chi connectivity index (χ0) is 14.8. The largest absolute Gasteiger partial charge is 0.271 e. The average molecular weight is 290 g/mol. The molecule has 0 saturated heterocycles. The van der Waals surface area contributed by atoms with Gasteiger partial charge in [0.1, 0.15) is 5.82 Å². The molecular formula is C18H27FN2. The molecule has 2 saturated carbocycles. The van der Waals surface area contributed by atoms with Gasteiger partial charge < -0.3 is 0 Å². The van der Waals surface area contributed by atoms with Gasteiger partial charge in [-0.15, -0.1) is 0 Å². The molecule has 0 aliphatic heterocycles. The molecular weight excluding hydrogens is 263 g/mol. The van der Waals surface area contributed by atoms with Crippen LogP contribution in [0, 0.1) is 30.5 Å². The van der Waals surface area contributed by atoms with Gasteiger partial charge in [-0.05, 0) is 67.2 Å². The highest BCUT2D eigenvalue weighted by Gasteiger charge is 2.35. The van der Waals surface area contributed by atoms with Gasteiger partial charge in [0.2, 0.25) is 0 Å². The van der Waals surface area contributed by atoms with Crippen LogP contribution in [0.2, 0.25) is 0 Å². The zero-order valence-corrected chi connectivity index (χ0v) is 12.9. The molecule has 4 atom stereocenters. The first-order chi connectivity index (χ1) is 10.2. The van der Waals surface area contributed by atoms with Crippen molar-refractivity contribution in [3.05, 3.63) is 35.1 Å². The SMILES string of the molecule is Cc1cc(F)cc(C(NN)C2CCC3CCCCC3C2)c1. The summed E-state index contributed by atoms with van der Waals surface area (Å²) < 4.78 is 13.7. The van der Waals surface area contributed by atoms with Crippen molar-refractivity contribution in [2.75, 3.05) is 0 Å². The van der Waals surface area contributed by atoms with Crippen LogP contribution in [0.5, 0.6) is 0 Å². The summed E-state index contributed by atoms with van der Waals surface area (Å²) in [5, 5.41) is 0. The fourth-order valence-electron chi connectivity index (χ4n) is 4.66. The highest BCUT2D eigenvalue weighted by Crippen LogP contribution is 2.46. The summed E-state index contributed by atoms with van der Waals surface area (Å²) >= 11 is 0. The molecule has 3 N–H and O–H groups in total. The van der Waals surface area contributed by atoms with Crippen LogP contribution in [0.15, 0.2) is 18.2 Å². The Morgan fingerprint density at radius 1 is 1.10 bits per heavy atom. The van der Waals surface area contributed by atoms with E-state index in [4.69, 9.17) is 5.84 Å². The maximum Gasteiger partial charge on any atom is 0.123 e. The van der Waals surface area contributed by atoms with Crippen LogP contribution in [0.1, 0.15) is 62.1 Å². The summed E-state index contributed by atoms with van der Waals surface area (Å²) in [4.78, 5) is 0. The highest BCUT2D eigenvalue weighted by atomic mass is 19.1. The van der Waals surface area contributed by atoms with E-state index in [1.54, 1.807) is 12.1 Å². The van der Waals surface area contributed by atoms with Crippen LogP contribution in [0.4, 0.5) is 4.39 Å². The number of rotatable bonds is 3. The molecule has 4 unspecified atom stereocenters. The summed E-state index contributed by atoms with van der Waals surface area (Å²) in [5.74, 6) is 8.01. The van der Waals surface area contributed by atoms with Gasteiger partial charge in [-0.25, -0.2) is 4.39 Å². The van der Waals surface area contributed by atoms with E-state index in [1.807, 2.05) is 6.92 Å². The minimum atomic E-state index is -0.156. The standard InChI is InChI=1S/C18H27FN2/c1-12-8-16(11-17(19)9-12)18(21-20)15-7-6-13-4-2-3-5-14(13)10-15/h8-9,11,13-15,18,21H,2-7,10,20H2,1H3. The minimum absolute atomic E-state index is 0.0854. The van der Waals surface area contributed by atoms with E-state index in [0.29, 0.717) is 5.92 Å². The van der Waals surface area contributed by atoms with Crippen molar-refractivity contribution in [1.82, 2.24) is 5.43 Å². The van der Waals surface area contributed by atoms with Crippen LogP contribution < -0.4 is 11.3 Å². The molecule has 0 spiro atoms. The van der Waals surface area contributed by atoms with Crippen LogP contribution in [-0.4, -0.2) is 0 Å². The van der Waals surface area contributed by atoms with Crippen molar-refractivity contribution >= 4 is 0 Å². The molecule has 2 aliphatic rings. The maximum absolute atomic E-state index is 13.7. The Hall–Kier alpha value is -0.930. The monoisotopic (exact) mass is 290 g/mol. The van der Waals surface area contributed by atoms with Gasteiger partial charge in [0.15, 0.2) is 0 Å². The Balaban J connectivity index is 1.76. The normalized spacial score (nSPS) is 30.7. The van der Waals surface area contributed by atoms with E-state index in [1.165, 1.54) is 44.9 Å². The Morgan fingerprint density at radius 2 is 1.86 bits per heavy atom. The minimum Gasteiger partial charge on any atom is -0.271 e. The van der Waals surface area contributed by atoms with E-state index in [9.17, 15) is 4.39 Å². The molecule has 2 nitrogen and oxygen atoms in total. The number of hydrazine groups is 1. The molecule has 2 aliphatic carbocycles. The van der Waals surface area contributed by atoms with Gasteiger partial charge in [0.25, 0.3) is 0 Å². The number of nitrogens with two attached hydrogens (primary N) is 1. The summed E-state index contributed by atoms with van der Waals surface area (Å²) in [6, 6.07) is 5.38. The molecule has 1 aromatic carbocycles. The summed E-state index contributed by atoms with van der Waals surface area (Å²) in [6.07, 6.45) is 9.36. The predicted molar refractivity (Wildman–Crippen MR) is 84.0 cm³/mol. The number of fused-ring (bicyclic) bond motifs is 1. The third-order valence-electron chi connectivity index (χ3n) is 5.65. The topological polar surface area (TPSA) is 38.0 Å². The third kappa shape index (κ3) is 3.29. The first kappa shape index (κ1) is 15.0. The van der Waals surface area contributed by atoms with Crippen molar-refractivity contribution in [2.45, 2.75) is 57.9 Å². The lowest BCUT2D eigenvalue weighted by Gasteiger charge is -2.42. The van der Waals surface area contributed by atoms with Crippen LogP contribution >= 0.6 is 0 Å². The Morgan fingerprint density at radius 3 is 2.57 bits per heavy atom. The number of hydrogen-bond acceptors (Lipinski definition) is 2. The lowest BCUT2D eigenvalue weighted by Crippen LogP contribution is -2.38. The molecule has 1 aromatic rings. The predicted octanol–water partition coefficient (Wildman–Crippen LogP) is 4.25. The van der Waals surface area contributed by atoms with Crippen LogP contribution in [0.3, 0.4) is 0 Å². The molecule has 2 fully saturated rings. The second-order valence-electron chi connectivity index (χ2n) is 7.08. The van der Waals surface area contributed by atoms with Gasteiger partial charge in [-0.1, -0.05) is 31.7 Å². The van der Waals surface area contributed by atoms with Gasteiger partial charge in [-0.3, -0.25) is 11.3 Å². The Bertz CT molecular complexity index is 468. The first-order valence-corrected chi connectivity index (χ1v) is 8.40. The van der Waals surface area contributed by atoms with Gasteiger partial charge >= 0.3 is 0 Å². The lowest BCUT2D eigenvalue weighted by molar-refractivity contribution is 0.109. The highest BCUT2D eigenvalue weighted by molar-refractivity contribution is 5.27. The molecule has 3 heteroatoms. The molecule has 0 bridgehead atoms. The molecule has 0 amide bonds. The molecule has 21 heavy (non-hydrogen) atoms. The quantitative estimate of drug-likeness (QED) is 0.645. The summed E-state index contributed by atoms with van der Waals surface area (Å²) in [7, 11) is 0. The van der Waals surface area contributed by atoms with Gasteiger partial charge in [0.05, 0.1) is 0 Å². The second-order valence-corrected chi connectivity index (χ2v) is 7.08. The van der Waals surface area contributed by atoms with Crippen molar-refractivity contribution in [3.63, 3.8) is 0 Å². The van der Waals surface area contributed by atoms with Crippen LogP contribution in [0.25, 0.3) is 0 Å². The fourth-order valence-corrected chi connectivity index (χ4v) is 4.66. The molecule has 116 valence electrons. The van der Waals surface area contributed by atoms with E-state index < -0.39 is 0 Å². The first-order valence-electron chi connectivity index (χ1n) is 8.40. The van der Waals surface area contributed by atoms with E-state index in [0.717, 1.165) is 23.0 Å². The molecule has 0 heterocycles. The Labute approximate surface area is 127 Å². The van der Waals surface area contributed by atoms with Crippen molar-refractivity contribution in [1.29, 1.82) is 0 Å². The average Bonchev–Trinajstić information content (AvgIpc) is 2.47. The van der Waals surface area contributed by atoms with Crippen molar-refractivity contribution in [3.8, 4) is 0 Å². The number of hydrogen-bond donors (Lipinski definition) is 2. The van der Waals surface area contributed by atoms with E-state index in [-0.39, 0.29) is 11.9 Å². The van der Waals surface area contributed by atoms with Crippen molar-refractivity contribution < 1.29 is 4.39 Å². The number of benzene rings is 1. The van der Waals surface area contributed by atoms with E-state index in [2.05, 4.69) is 11.5 Å². The van der Waals surface area contributed by atoms with Crippen molar-refractivity contribution in [2.24, 2.45) is 23.6 Å². The van der Waals surface area contributed by atoms with Gasteiger partial charge in [0, 0.05) is 6.04 Å². The molecule has 0 aromatic heterocycles. The molecule has 0 radical (unpaired) electrons. The van der Waals surface area contributed by atoms with Gasteiger partial charge in [-0.2, -0.15) is 0 Å². The number of nitrogens with one attached hydrogen (secondary N) is 1. The third-order valence-corrected chi connectivity index (χ3v) is 5.65. The lowest BCUT2D eigenvalue weighted by atomic mass is 9.65. The smallest absolute Gasteiger partial charge is 0.123 e. The maximum atomic E-state index is 13.7. The van der Waals surface area contributed by atoms with E-state index >= 15 is 0 Å². The number of halogens is 1.